The molecule has 1 aliphatic rings. The molecular formula is C16H15Br. The van der Waals surface area contributed by atoms with Crippen LogP contribution in [0.25, 0.3) is 0 Å². The lowest BCUT2D eigenvalue weighted by Crippen LogP contribution is -1.85. The topological polar surface area (TPSA) is 0 Å². The summed E-state index contributed by atoms with van der Waals surface area (Å²) < 4.78 is 1.16. The van der Waals surface area contributed by atoms with Crippen molar-refractivity contribution in [3.8, 4) is 0 Å². The summed E-state index contributed by atoms with van der Waals surface area (Å²) in [4.78, 5) is 0. The summed E-state index contributed by atoms with van der Waals surface area (Å²) in [5.41, 5.74) is 4.33. The molecule has 0 nitrogen and oxygen atoms in total. The fourth-order valence-corrected chi connectivity index (χ4v) is 2.81. The van der Waals surface area contributed by atoms with Gasteiger partial charge in [-0.15, -0.1) is 0 Å². The van der Waals surface area contributed by atoms with Crippen LogP contribution in [0.15, 0.2) is 53.0 Å². The van der Waals surface area contributed by atoms with Crippen LogP contribution >= 0.6 is 15.9 Å². The van der Waals surface area contributed by atoms with Gasteiger partial charge >= 0.3 is 0 Å². The van der Waals surface area contributed by atoms with Gasteiger partial charge in [0.1, 0.15) is 0 Å². The molecule has 1 fully saturated rings. The molecule has 0 aromatic heterocycles. The molecule has 1 aliphatic carbocycles. The second-order valence-corrected chi connectivity index (χ2v) is 5.83. The zero-order chi connectivity index (χ0) is 11.8. The van der Waals surface area contributed by atoms with Gasteiger partial charge in [0, 0.05) is 4.47 Å². The van der Waals surface area contributed by atoms with E-state index >= 15 is 0 Å². The Morgan fingerprint density at radius 2 is 1.65 bits per heavy atom. The van der Waals surface area contributed by atoms with Crippen molar-refractivity contribution in [3.05, 3.63) is 69.7 Å². The number of benzene rings is 2. The molecule has 0 spiro atoms. The van der Waals surface area contributed by atoms with Gasteiger partial charge in [-0.3, -0.25) is 0 Å². The number of halogens is 1. The number of hydrogen-bond acceptors (Lipinski definition) is 0. The van der Waals surface area contributed by atoms with Crippen LogP contribution in [0.2, 0.25) is 0 Å². The average molecular weight is 287 g/mol. The summed E-state index contributed by atoms with van der Waals surface area (Å²) >= 11 is 3.48. The summed E-state index contributed by atoms with van der Waals surface area (Å²) in [6.07, 6.45) is 1.30. The molecule has 0 aliphatic heterocycles. The van der Waals surface area contributed by atoms with Crippen LogP contribution < -0.4 is 0 Å². The molecule has 3 rings (SSSR count). The van der Waals surface area contributed by atoms with Gasteiger partial charge in [-0.1, -0.05) is 57.9 Å². The molecule has 2 aromatic carbocycles. The van der Waals surface area contributed by atoms with Crippen molar-refractivity contribution >= 4 is 15.9 Å². The maximum absolute atomic E-state index is 3.48. The molecule has 0 unspecified atom stereocenters. The maximum Gasteiger partial charge on any atom is 0.0175 e. The molecule has 0 amide bonds. The minimum absolute atomic E-state index is 0.727. The number of hydrogen-bond donors (Lipinski definition) is 0. The lowest BCUT2D eigenvalue weighted by atomic mass is 10.0. The normalized spacial score (nSPS) is 22.5. The van der Waals surface area contributed by atoms with E-state index in [9.17, 15) is 0 Å². The molecule has 0 saturated heterocycles. The molecule has 1 saturated carbocycles. The molecule has 0 N–H and O–H groups in total. The van der Waals surface area contributed by atoms with E-state index < -0.39 is 0 Å². The maximum atomic E-state index is 3.48. The Balaban J connectivity index is 1.80. The predicted octanol–water partition coefficient (Wildman–Crippen LogP) is 5.03. The van der Waals surface area contributed by atoms with Gasteiger partial charge in [-0.2, -0.15) is 0 Å². The summed E-state index contributed by atoms with van der Waals surface area (Å²) in [5, 5.41) is 0. The molecule has 2 aromatic rings. The lowest BCUT2D eigenvalue weighted by Gasteiger charge is -2.03. The van der Waals surface area contributed by atoms with Crippen LogP contribution in [0.1, 0.15) is 34.9 Å². The first-order valence-corrected chi connectivity index (χ1v) is 6.85. The van der Waals surface area contributed by atoms with Gasteiger partial charge in [-0.05, 0) is 48.4 Å². The Morgan fingerprint density at radius 3 is 2.35 bits per heavy atom. The van der Waals surface area contributed by atoms with Crippen molar-refractivity contribution in [2.75, 3.05) is 0 Å². The van der Waals surface area contributed by atoms with Crippen LogP contribution in [0.4, 0.5) is 0 Å². The highest BCUT2D eigenvalue weighted by Gasteiger charge is 2.39. The van der Waals surface area contributed by atoms with Crippen LogP contribution in [0.5, 0.6) is 0 Å². The van der Waals surface area contributed by atoms with E-state index in [0.717, 1.165) is 16.3 Å². The highest BCUT2D eigenvalue weighted by atomic mass is 79.9. The minimum atomic E-state index is 0.727. The van der Waals surface area contributed by atoms with Gasteiger partial charge < -0.3 is 0 Å². The summed E-state index contributed by atoms with van der Waals surface area (Å²) in [7, 11) is 0. The second kappa shape index (κ2) is 4.30. The molecule has 2 atom stereocenters. The molecule has 1 heteroatoms. The van der Waals surface area contributed by atoms with Crippen LogP contribution in [-0.2, 0) is 0 Å². The van der Waals surface area contributed by atoms with Gasteiger partial charge in [0.15, 0.2) is 0 Å². The quantitative estimate of drug-likeness (QED) is 0.726. The third-order valence-electron chi connectivity index (χ3n) is 3.56. The smallest absolute Gasteiger partial charge is 0.0175 e. The Kier molecular flexibility index (Phi) is 2.79. The van der Waals surface area contributed by atoms with E-state index in [1.165, 1.54) is 23.1 Å². The Bertz CT molecular complexity index is 527. The van der Waals surface area contributed by atoms with Crippen molar-refractivity contribution in [1.82, 2.24) is 0 Å². The van der Waals surface area contributed by atoms with Crippen molar-refractivity contribution in [2.24, 2.45) is 0 Å². The molecule has 0 radical (unpaired) electrons. The lowest BCUT2D eigenvalue weighted by molar-refractivity contribution is 1.02. The van der Waals surface area contributed by atoms with E-state index in [-0.39, 0.29) is 0 Å². The van der Waals surface area contributed by atoms with Crippen LogP contribution in [0.3, 0.4) is 0 Å². The van der Waals surface area contributed by atoms with E-state index in [1.807, 2.05) is 0 Å². The first-order valence-electron chi connectivity index (χ1n) is 6.06. The van der Waals surface area contributed by atoms with Crippen molar-refractivity contribution < 1.29 is 0 Å². The summed E-state index contributed by atoms with van der Waals surface area (Å²) in [5.74, 6) is 1.46. The largest absolute Gasteiger partial charge is 0.0617 e. The van der Waals surface area contributed by atoms with Gasteiger partial charge in [0.05, 0.1) is 0 Å². The fourth-order valence-electron chi connectivity index (χ4n) is 2.54. The highest BCUT2D eigenvalue weighted by molar-refractivity contribution is 9.10. The van der Waals surface area contributed by atoms with Gasteiger partial charge in [-0.25, -0.2) is 0 Å². The minimum Gasteiger partial charge on any atom is -0.0617 e. The van der Waals surface area contributed by atoms with E-state index in [4.69, 9.17) is 0 Å². The van der Waals surface area contributed by atoms with Gasteiger partial charge in [0.25, 0.3) is 0 Å². The Morgan fingerprint density at radius 1 is 0.941 bits per heavy atom. The molecular weight excluding hydrogens is 272 g/mol. The Hall–Kier alpha value is -1.08. The van der Waals surface area contributed by atoms with E-state index in [0.29, 0.717) is 0 Å². The van der Waals surface area contributed by atoms with E-state index in [1.54, 1.807) is 0 Å². The molecule has 0 heterocycles. The van der Waals surface area contributed by atoms with Gasteiger partial charge in [0.2, 0.25) is 0 Å². The van der Waals surface area contributed by atoms with Crippen molar-refractivity contribution in [1.29, 1.82) is 0 Å². The van der Waals surface area contributed by atoms with E-state index in [2.05, 4.69) is 71.4 Å². The van der Waals surface area contributed by atoms with Crippen LogP contribution in [0, 0.1) is 6.92 Å². The highest BCUT2D eigenvalue weighted by Crippen LogP contribution is 2.54. The average Bonchev–Trinajstić information content (AvgIpc) is 3.10. The molecule has 17 heavy (non-hydrogen) atoms. The first kappa shape index (κ1) is 11.0. The monoisotopic (exact) mass is 286 g/mol. The van der Waals surface area contributed by atoms with Crippen LogP contribution in [-0.4, -0.2) is 0 Å². The van der Waals surface area contributed by atoms with Crippen molar-refractivity contribution in [2.45, 2.75) is 25.2 Å². The zero-order valence-corrected chi connectivity index (χ0v) is 11.4. The second-order valence-electron chi connectivity index (χ2n) is 4.91. The predicted molar refractivity (Wildman–Crippen MR) is 75.4 cm³/mol. The summed E-state index contributed by atoms with van der Waals surface area (Å²) in [6, 6.07) is 17.7. The number of rotatable bonds is 2. The number of aryl methyl sites for hydroxylation is 1. The Labute approximate surface area is 111 Å². The molecule has 86 valence electrons. The SMILES string of the molecule is Cc1cccc([C@@H]2C[C@H]2c2ccc(Br)cc2)c1. The third kappa shape index (κ3) is 2.30. The van der Waals surface area contributed by atoms with Crippen molar-refractivity contribution in [3.63, 3.8) is 0 Å². The molecule has 0 bridgehead atoms. The summed E-state index contributed by atoms with van der Waals surface area (Å²) in [6.45, 7) is 2.17. The first-order chi connectivity index (χ1) is 8.24. The zero-order valence-electron chi connectivity index (χ0n) is 9.86. The standard InChI is InChI=1S/C16H15Br/c1-11-3-2-4-13(9-11)16-10-15(16)12-5-7-14(17)8-6-12/h2-9,15-16H,10H2,1H3/t15-,16-/m0/s1. The fraction of sp³-hybridized carbons (Fsp3) is 0.250. The third-order valence-corrected chi connectivity index (χ3v) is 4.09.